The first-order valence-electron chi connectivity index (χ1n) is 13.5. The molecule has 0 aliphatic heterocycles. The zero-order chi connectivity index (χ0) is 30.8. The number of aliphatic hydroxyl groups is 3. The predicted molar refractivity (Wildman–Crippen MR) is 150 cm³/mol. The van der Waals surface area contributed by atoms with E-state index in [2.05, 4.69) is 0 Å². The van der Waals surface area contributed by atoms with Crippen LogP contribution in [0.4, 0.5) is 0 Å². The van der Waals surface area contributed by atoms with E-state index in [9.17, 15) is 39.6 Å². The van der Waals surface area contributed by atoms with Gasteiger partial charge in [-0.2, -0.15) is 0 Å². The molecule has 42 heavy (non-hydrogen) atoms. The van der Waals surface area contributed by atoms with Crippen molar-refractivity contribution in [2.75, 3.05) is 14.1 Å². The van der Waals surface area contributed by atoms with Gasteiger partial charge in [-0.15, -0.1) is 0 Å². The third-order valence-corrected chi connectivity index (χ3v) is 8.36. The van der Waals surface area contributed by atoms with E-state index in [1.165, 1.54) is 11.0 Å². The average molecular weight is 577 g/mol. The molecular formula is C31H32N2O9. The quantitative estimate of drug-likeness (QED) is 0.261. The highest BCUT2D eigenvalue weighted by Crippen LogP contribution is 2.53. The Labute approximate surface area is 241 Å². The van der Waals surface area contributed by atoms with Crippen LogP contribution < -0.4 is 5.73 Å². The molecule has 0 unspecified atom stereocenters. The van der Waals surface area contributed by atoms with Crippen molar-refractivity contribution in [3.8, 4) is 16.9 Å². The highest BCUT2D eigenvalue weighted by molar-refractivity contribution is 6.24. The fraction of sp³-hybridized carbons (Fsp3) is 0.355. The van der Waals surface area contributed by atoms with Gasteiger partial charge in [0.2, 0.25) is 5.78 Å². The van der Waals surface area contributed by atoms with Crippen LogP contribution >= 0.6 is 0 Å². The van der Waals surface area contributed by atoms with Crippen molar-refractivity contribution in [3.05, 3.63) is 70.0 Å². The molecule has 0 spiro atoms. The average Bonchev–Trinajstić information content (AvgIpc) is 2.90. The first-order valence-corrected chi connectivity index (χ1v) is 13.5. The standard InChI is InChI=1S/C31H32N2O9/c1-13(2)42-30(40)15-7-5-6-14(10-15)17-8-9-20(34)22-18(17)11-16-12-19-24(33(3)4)26(36)23(29(32)39)28(38)31(19,41)27(37)21(16)25(22)35/h5-10,13,16,19,24,34-35,38,41H,11-12H2,1-4H3,(H2,32,39)/t16-,19-,24+,31-/m0/s1. The van der Waals surface area contributed by atoms with Crippen LogP contribution in [0, 0.1) is 11.8 Å². The number of primary amides is 1. The van der Waals surface area contributed by atoms with Gasteiger partial charge in [0, 0.05) is 11.5 Å². The van der Waals surface area contributed by atoms with Crippen molar-refractivity contribution in [2.24, 2.45) is 17.6 Å². The lowest BCUT2D eigenvalue weighted by atomic mass is 9.57. The van der Waals surface area contributed by atoms with Crippen LogP contribution in [0.2, 0.25) is 0 Å². The molecule has 2 aromatic carbocycles. The number of esters is 1. The number of phenolic OH excluding ortho intramolecular Hbond substituents is 1. The van der Waals surface area contributed by atoms with Crippen LogP contribution in [0.5, 0.6) is 5.75 Å². The maximum atomic E-state index is 14.0. The van der Waals surface area contributed by atoms with Crippen LogP contribution in [0.1, 0.15) is 41.8 Å². The van der Waals surface area contributed by atoms with E-state index >= 15 is 0 Å². The zero-order valence-electron chi connectivity index (χ0n) is 23.5. The van der Waals surface area contributed by atoms with Gasteiger partial charge < -0.3 is 30.9 Å². The summed E-state index contributed by atoms with van der Waals surface area (Å²) < 4.78 is 5.32. The molecule has 2 aromatic rings. The summed E-state index contributed by atoms with van der Waals surface area (Å²) in [7, 11) is 3.09. The first-order chi connectivity index (χ1) is 19.7. The van der Waals surface area contributed by atoms with E-state index < -0.39 is 64.0 Å². The summed E-state index contributed by atoms with van der Waals surface area (Å²) in [6.07, 6.45) is -0.225. The van der Waals surface area contributed by atoms with Crippen LogP contribution in [-0.4, -0.2) is 80.6 Å². The number of ether oxygens (including phenoxy) is 1. The normalized spacial score (nSPS) is 25.4. The van der Waals surface area contributed by atoms with Crippen LogP contribution in [0.15, 0.2) is 53.3 Å². The van der Waals surface area contributed by atoms with Crippen molar-refractivity contribution in [2.45, 2.75) is 44.4 Å². The second-order valence-corrected chi connectivity index (χ2v) is 11.5. The number of fused-ring (bicyclic) bond motifs is 3. The number of benzene rings is 2. The Balaban J connectivity index is 1.68. The summed E-state index contributed by atoms with van der Waals surface area (Å²) in [6, 6.07) is 8.50. The Morgan fingerprint density at radius 3 is 2.40 bits per heavy atom. The smallest absolute Gasteiger partial charge is 0.338 e. The second-order valence-electron chi connectivity index (χ2n) is 11.5. The number of Topliss-reactive ketones (excluding diaryl/α,β-unsaturated/α-hetero) is 2. The number of phenols is 1. The summed E-state index contributed by atoms with van der Waals surface area (Å²) in [6.45, 7) is 3.48. The molecule has 1 saturated carbocycles. The van der Waals surface area contributed by atoms with E-state index in [1.807, 2.05) is 0 Å². The van der Waals surface area contributed by atoms with Crippen LogP contribution in [0.3, 0.4) is 0 Å². The fourth-order valence-electron chi connectivity index (χ4n) is 6.61. The topological polar surface area (TPSA) is 188 Å². The molecule has 0 aromatic heterocycles. The summed E-state index contributed by atoms with van der Waals surface area (Å²) in [5.41, 5.74) is 3.52. The van der Waals surface area contributed by atoms with Crippen LogP contribution in [-0.2, 0) is 25.5 Å². The van der Waals surface area contributed by atoms with Crippen molar-refractivity contribution in [1.29, 1.82) is 0 Å². The monoisotopic (exact) mass is 576 g/mol. The molecule has 0 bridgehead atoms. The van der Waals surface area contributed by atoms with Crippen molar-refractivity contribution >= 4 is 29.2 Å². The molecule has 4 atom stereocenters. The molecule has 11 heteroatoms. The number of hydrogen-bond donors (Lipinski definition) is 5. The fourth-order valence-corrected chi connectivity index (χ4v) is 6.61. The maximum Gasteiger partial charge on any atom is 0.338 e. The third-order valence-electron chi connectivity index (χ3n) is 8.36. The molecule has 220 valence electrons. The predicted octanol–water partition coefficient (Wildman–Crippen LogP) is 2.20. The Bertz CT molecular complexity index is 1620. The zero-order valence-corrected chi connectivity index (χ0v) is 23.5. The Morgan fingerprint density at radius 1 is 1.10 bits per heavy atom. The largest absolute Gasteiger partial charge is 0.508 e. The number of hydrogen-bond acceptors (Lipinski definition) is 10. The molecule has 0 heterocycles. The molecule has 0 saturated heterocycles. The second kappa shape index (κ2) is 10.1. The van der Waals surface area contributed by atoms with Gasteiger partial charge in [0.05, 0.1) is 23.3 Å². The number of nitrogens with two attached hydrogens (primary N) is 1. The van der Waals surface area contributed by atoms with E-state index in [4.69, 9.17) is 10.5 Å². The number of aliphatic hydroxyl groups excluding tert-OH is 2. The number of nitrogens with zero attached hydrogens (tertiary/aromatic N) is 1. The van der Waals surface area contributed by atoms with Crippen LogP contribution in [0.25, 0.3) is 16.9 Å². The number of likely N-dealkylation sites (N-methyl/N-ethyl adjacent to an activating group) is 1. The lowest BCUT2D eigenvalue weighted by Crippen LogP contribution is -2.65. The molecule has 3 aliphatic rings. The van der Waals surface area contributed by atoms with E-state index in [0.717, 1.165) is 0 Å². The summed E-state index contributed by atoms with van der Waals surface area (Å²) in [5, 5.41) is 45.0. The van der Waals surface area contributed by atoms with Gasteiger partial charge in [0.15, 0.2) is 11.4 Å². The number of carbonyl (C=O) groups excluding carboxylic acids is 4. The highest BCUT2D eigenvalue weighted by Gasteiger charge is 2.64. The molecule has 5 rings (SSSR count). The van der Waals surface area contributed by atoms with E-state index in [0.29, 0.717) is 22.3 Å². The minimum Gasteiger partial charge on any atom is -0.508 e. The number of carbonyl (C=O) groups is 4. The lowest BCUT2D eigenvalue weighted by molar-refractivity contribution is -0.153. The highest BCUT2D eigenvalue weighted by atomic mass is 16.5. The molecule has 11 nitrogen and oxygen atoms in total. The van der Waals surface area contributed by atoms with Gasteiger partial charge in [-0.25, -0.2) is 4.79 Å². The summed E-state index contributed by atoms with van der Waals surface area (Å²) in [4.78, 5) is 53.4. The van der Waals surface area contributed by atoms with Crippen molar-refractivity contribution in [1.82, 2.24) is 4.90 Å². The van der Waals surface area contributed by atoms with E-state index in [1.54, 1.807) is 58.3 Å². The molecule has 6 N–H and O–H groups in total. The number of ketones is 2. The molecular weight excluding hydrogens is 544 g/mol. The Kier molecular flexibility index (Phi) is 6.99. The SMILES string of the molecule is CC(C)OC(=O)c1cccc(-c2ccc(O)c3c2C[C@H]2C[C@H]4[C@@H](N(C)C)C(=O)C(C(N)=O)=C(O)[C@@]4(O)C(=O)C2=C3O)c1. The van der Waals surface area contributed by atoms with Gasteiger partial charge in [0.1, 0.15) is 22.8 Å². The maximum absolute atomic E-state index is 14.0. The van der Waals surface area contributed by atoms with Gasteiger partial charge >= 0.3 is 5.97 Å². The number of aromatic hydroxyl groups is 1. The lowest BCUT2D eigenvalue weighted by Gasteiger charge is -2.50. The first kappa shape index (κ1) is 29.0. The van der Waals surface area contributed by atoms with Gasteiger partial charge in [0.25, 0.3) is 5.91 Å². The Hall–Kier alpha value is -4.48. The molecule has 0 radical (unpaired) electrons. The minimum atomic E-state index is -2.71. The Morgan fingerprint density at radius 2 is 1.79 bits per heavy atom. The van der Waals surface area contributed by atoms with Crippen molar-refractivity contribution in [3.63, 3.8) is 0 Å². The summed E-state index contributed by atoms with van der Waals surface area (Å²) in [5.74, 6) is -7.63. The van der Waals surface area contributed by atoms with Gasteiger partial charge in [-0.05, 0) is 81.6 Å². The van der Waals surface area contributed by atoms with Gasteiger partial charge in [-0.1, -0.05) is 18.2 Å². The number of rotatable bonds is 5. The molecule has 3 aliphatic carbocycles. The number of amides is 1. The summed E-state index contributed by atoms with van der Waals surface area (Å²) >= 11 is 0. The van der Waals surface area contributed by atoms with Gasteiger partial charge in [-0.3, -0.25) is 19.3 Å². The van der Waals surface area contributed by atoms with Crippen molar-refractivity contribution < 1.29 is 44.3 Å². The molecule has 1 fully saturated rings. The third kappa shape index (κ3) is 4.19. The van der Waals surface area contributed by atoms with E-state index in [-0.39, 0.29) is 35.8 Å². The molecule has 1 amide bonds. The minimum absolute atomic E-state index is 0.0262.